The summed E-state index contributed by atoms with van der Waals surface area (Å²) >= 11 is 0. The molecule has 1 unspecified atom stereocenters. The summed E-state index contributed by atoms with van der Waals surface area (Å²) in [5, 5.41) is 11.1. The van der Waals surface area contributed by atoms with Crippen molar-refractivity contribution in [1.29, 1.82) is 0 Å². The summed E-state index contributed by atoms with van der Waals surface area (Å²) in [6.45, 7) is 0. The highest BCUT2D eigenvalue weighted by molar-refractivity contribution is 6.05. The van der Waals surface area contributed by atoms with Crippen LogP contribution in [0.3, 0.4) is 0 Å². The molecule has 2 fully saturated rings. The number of carbonyl (C=O) groups is 1. The van der Waals surface area contributed by atoms with Crippen LogP contribution >= 0.6 is 0 Å². The molecule has 4 rings (SSSR count). The van der Waals surface area contributed by atoms with Crippen molar-refractivity contribution in [3.63, 3.8) is 0 Å². The number of ether oxygens (including phenoxy) is 1. The molecule has 122 valence electrons. The van der Waals surface area contributed by atoms with Crippen LogP contribution in [-0.4, -0.2) is 53.3 Å². The number of fused-ring (bicyclic) bond motifs is 3. The molecule has 2 aromatic rings. The molecular formula is C17H22N4O2. The number of rotatable bonds is 3. The van der Waals surface area contributed by atoms with E-state index in [1.807, 2.05) is 18.2 Å². The Morgan fingerprint density at radius 2 is 2.09 bits per heavy atom. The summed E-state index contributed by atoms with van der Waals surface area (Å²) in [7, 11) is 3.83. The Morgan fingerprint density at radius 1 is 1.35 bits per heavy atom. The van der Waals surface area contributed by atoms with Gasteiger partial charge in [0.05, 0.1) is 12.6 Å². The van der Waals surface area contributed by atoms with Gasteiger partial charge in [0.2, 0.25) is 0 Å². The van der Waals surface area contributed by atoms with Gasteiger partial charge >= 0.3 is 0 Å². The van der Waals surface area contributed by atoms with Gasteiger partial charge in [-0.3, -0.25) is 9.89 Å². The summed E-state index contributed by atoms with van der Waals surface area (Å²) in [5.74, 6) is 0.662. The normalized spacial score (nSPS) is 27.3. The van der Waals surface area contributed by atoms with Gasteiger partial charge in [0.25, 0.3) is 5.91 Å². The molecule has 1 aromatic carbocycles. The Hall–Kier alpha value is -2.08. The Kier molecular flexibility index (Phi) is 3.49. The number of methoxy groups -OCH3 is 1. The van der Waals surface area contributed by atoms with Crippen LogP contribution in [0.15, 0.2) is 18.2 Å². The summed E-state index contributed by atoms with van der Waals surface area (Å²) in [5.41, 5.74) is 1.28. The maximum atomic E-state index is 12.6. The predicted octanol–water partition coefficient (Wildman–Crippen LogP) is 1.93. The summed E-state index contributed by atoms with van der Waals surface area (Å²) in [6.07, 6.45) is 4.57. The number of aromatic amines is 1. The fraction of sp³-hybridized carbons (Fsp3) is 0.529. The summed E-state index contributed by atoms with van der Waals surface area (Å²) < 4.78 is 5.20. The molecule has 0 aliphatic carbocycles. The number of nitrogens with zero attached hydrogens (tertiary/aromatic N) is 2. The fourth-order valence-electron chi connectivity index (χ4n) is 4.08. The van der Waals surface area contributed by atoms with Gasteiger partial charge in [-0.2, -0.15) is 5.10 Å². The van der Waals surface area contributed by atoms with Crippen LogP contribution in [-0.2, 0) is 0 Å². The van der Waals surface area contributed by atoms with E-state index in [1.54, 1.807) is 7.11 Å². The molecule has 3 heterocycles. The van der Waals surface area contributed by atoms with E-state index in [0.717, 1.165) is 29.5 Å². The quantitative estimate of drug-likeness (QED) is 0.908. The molecule has 6 heteroatoms. The number of piperidine rings is 1. The van der Waals surface area contributed by atoms with E-state index in [1.165, 1.54) is 12.8 Å². The van der Waals surface area contributed by atoms with Gasteiger partial charge in [0, 0.05) is 29.6 Å². The first kappa shape index (κ1) is 14.5. The van der Waals surface area contributed by atoms with E-state index in [0.29, 0.717) is 17.8 Å². The SMILES string of the molecule is COc1ccc2c(C(=O)NC3C[C@H]4CC[C@@H](C3)N4C)n[nH]c2c1. The first-order valence-corrected chi connectivity index (χ1v) is 8.20. The minimum Gasteiger partial charge on any atom is -0.497 e. The maximum absolute atomic E-state index is 12.6. The van der Waals surface area contributed by atoms with E-state index in [-0.39, 0.29) is 11.9 Å². The van der Waals surface area contributed by atoms with E-state index in [9.17, 15) is 4.79 Å². The van der Waals surface area contributed by atoms with Crippen LogP contribution in [0.5, 0.6) is 5.75 Å². The van der Waals surface area contributed by atoms with Crippen molar-refractivity contribution in [3.8, 4) is 5.75 Å². The molecule has 2 N–H and O–H groups in total. The van der Waals surface area contributed by atoms with Crippen molar-refractivity contribution < 1.29 is 9.53 Å². The number of hydrogen-bond donors (Lipinski definition) is 2. The molecule has 0 spiro atoms. The predicted molar refractivity (Wildman–Crippen MR) is 87.7 cm³/mol. The average Bonchev–Trinajstić information content (AvgIpc) is 3.04. The Balaban J connectivity index is 1.51. The van der Waals surface area contributed by atoms with E-state index < -0.39 is 0 Å². The smallest absolute Gasteiger partial charge is 0.272 e. The standard InChI is InChI=1S/C17H22N4O2/c1-21-11-3-4-12(21)8-10(7-11)18-17(22)16-14-6-5-13(23-2)9-15(14)19-20-16/h5-6,9-12H,3-4,7-8H2,1-2H3,(H,18,22)(H,19,20)/t10?,11-,12+. The number of amides is 1. The van der Waals surface area contributed by atoms with Crippen molar-refractivity contribution in [2.24, 2.45) is 0 Å². The highest BCUT2D eigenvalue weighted by Gasteiger charge is 2.39. The maximum Gasteiger partial charge on any atom is 0.272 e. The molecule has 3 atom stereocenters. The second-order valence-electron chi connectivity index (χ2n) is 6.68. The second-order valence-corrected chi connectivity index (χ2v) is 6.68. The molecule has 2 bridgehead atoms. The number of nitrogens with one attached hydrogen (secondary N) is 2. The molecule has 2 aliphatic heterocycles. The molecule has 23 heavy (non-hydrogen) atoms. The minimum atomic E-state index is -0.0876. The zero-order chi connectivity index (χ0) is 16.0. The van der Waals surface area contributed by atoms with Crippen LogP contribution < -0.4 is 10.1 Å². The van der Waals surface area contributed by atoms with Crippen LogP contribution in [0.4, 0.5) is 0 Å². The Morgan fingerprint density at radius 3 is 2.78 bits per heavy atom. The Bertz CT molecular complexity index is 727. The van der Waals surface area contributed by atoms with Crippen molar-refractivity contribution in [2.45, 2.75) is 43.8 Å². The zero-order valence-electron chi connectivity index (χ0n) is 13.5. The van der Waals surface area contributed by atoms with Gasteiger partial charge < -0.3 is 15.0 Å². The Labute approximate surface area is 135 Å². The van der Waals surface area contributed by atoms with E-state index in [2.05, 4.69) is 27.5 Å². The molecule has 6 nitrogen and oxygen atoms in total. The summed E-state index contributed by atoms with van der Waals surface area (Å²) in [4.78, 5) is 15.1. The third-order valence-electron chi connectivity index (χ3n) is 5.42. The largest absolute Gasteiger partial charge is 0.497 e. The van der Waals surface area contributed by atoms with Gasteiger partial charge in [-0.1, -0.05) is 0 Å². The van der Waals surface area contributed by atoms with Crippen molar-refractivity contribution in [1.82, 2.24) is 20.4 Å². The molecule has 1 aromatic heterocycles. The van der Waals surface area contributed by atoms with Crippen molar-refractivity contribution in [3.05, 3.63) is 23.9 Å². The average molecular weight is 314 g/mol. The first-order chi connectivity index (χ1) is 11.2. The van der Waals surface area contributed by atoms with Crippen LogP contribution in [0.1, 0.15) is 36.2 Å². The van der Waals surface area contributed by atoms with Crippen molar-refractivity contribution >= 4 is 16.8 Å². The first-order valence-electron chi connectivity index (χ1n) is 8.20. The van der Waals surface area contributed by atoms with E-state index >= 15 is 0 Å². The van der Waals surface area contributed by atoms with Gasteiger partial charge in [-0.05, 0) is 44.9 Å². The van der Waals surface area contributed by atoms with Gasteiger partial charge in [-0.15, -0.1) is 0 Å². The number of aromatic nitrogens is 2. The van der Waals surface area contributed by atoms with Crippen LogP contribution in [0.2, 0.25) is 0 Å². The lowest BCUT2D eigenvalue weighted by molar-refractivity contribution is 0.0879. The van der Waals surface area contributed by atoms with Gasteiger partial charge in [-0.25, -0.2) is 0 Å². The molecule has 2 saturated heterocycles. The molecule has 0 saturated carbocycles. The lowest BCUT2D eigenvalue weighted by atomic mass is 9.98. The lowest BCUT2D eigenvalue weighted by Gasteiger charge is -2.36. The number of benzene rings is 1. The third-order valence-corrected chi connectivity index (χ3v) is 5.42. The van der Waals surface area contributed by atoms with Gasteiger partial charge in [0.15, 0.2) is 5.69 Å². The topological polar surface area (TPSA) is 70.2 Å². The third kappa shape index (κ3) is 2.47. The molecule has 1 amide bonds. The van der Waals surface area contributed by atoms with E-state index in [4.69, 9.17) is 4.74 Å². The molecular weight excluding hydrogens is 292 g/mol. The number of H-pyrrole nitrogens is 1. The number of hydrogen-bond acceptors (Lipinski definition) is 4. The number of carbonyl (C=O) groups excluding carboxylic acids is 1. The van der Waals surface area contributed by atoms with Gasteiger partial charge in [0.1, 0.15) is 5.75 Å². The minimum absolute atomic E-state index is 0.0876. The van der Waals surface area contributed by atoms with Crippen molar-refractivity contribution in [2.75, 3.05) is 14.2 Å². The monoisotopic (exact) mass is 314 g/mol. The second kappa shape index (κ2) is 5.53. The molecule has 2 aliphatic rings. The highest BCUT2D eigenvalue weighted by Crippen LogP contribution is 2.34. The lowest BCUT2D eigenvalue weighted by Crippen LogP contribution is -2.48. The van der Waals surface area contributed by atoms with Crippen LogP contribution in [0.25, 0.3) is 10.9 Å². The zero-order valence-corrected chi connectivity index (χ0v) is 13.5. The fourth-order valence-corrected chi connectivity index (χ4v) is 4.08. The summed E-state index contributed by atoms with van der Waals surface area (Å²) in [6, 6.07) is 7.06. The highest BCUT2D eigenvalue weighted by atomic mass is 16.5. The van der Waals surface area contributed by atoms with Crippen LogP contribution in [0, 0.1) is 0 Å². The molecule has 0 radical (unpaired) electrons.